The van der Waals surface area contributed by atoms with E-state index in [4.69, 9.17) is 0 Å². The molecule has 0 aromatic carbocycles. The van der Waals surface area contributed by atoms with Gasteiger partial charge >= 0.3 is 0 Å². The van der Waals surface area contributed by atoms with Crippen LogP contribution in [0.3, 0.4) is 0 Å². The van der Waals surface area contributed by atoms with E-state index in [-0.39, 0.29) is 11.8 Å². The highest BCUT2D eigenvalue weighted by molar-refractivity contribution is 7.89. The van der Waals surface area contributed by atoms with E-state index in [0.717, 1.165) is 12.8 Å². The van der Waals surface area contributed by atoms with Gasteiger partial charge in [-0.05, 0) is 25.7 Å². The van der Waals surface area contributed by atoms with Crippen LogP contribution in [0, 0.1) is 5.92 Å². The molecule has 0 radical (unpaired) electrons. The summed E-state index contributed by atoms with van der Waals surface area (Å²) in [5.41, 5.74) is 0. The van der Waals surface area contributed by atoms with E-state index < -0.39 is 10.0 Å². The van der Waals surface area contributed by atoms with Crippen molar-refractivity contribution in [3.63, 3.8) is 0 Å². The first kappa shape index (κ1) is 12.0. The van der Waals surface area contributed by atoms with Gasteiger partial charge in [0.25, 0.3) is 0 Å². The van der Waals surface area contributed by atoms with E-state index in [2.05, 4.69) is 6.92 Å². The van der Waals surface area contributed by atoms with Gasteiger partial charge < -0.3 is 0 Å². The van der Waals surface area contributed by atoms with Crippen LogP contribution in [0.15, 0.2) is 0 Å². The van der Waals surface area contributed by atoms with Crippen LogP contribution in [-0.2, 0) is 10.0 Å². The lowest BCUT2D eigenvalue weighted by Gasteiger charge is -2.35. The highest BCUT2D eigenvalue weighted by atomic mass is 32.2. The van der Waals surface area contributed by atoms with Crippen molar-refractivity contribution in [3.05, 3.63) is 0 Å². The monoisotopic (exact) mass is 219 g/mol. The van der Waals surface area contributed by atoms with Crippen LogP contribution in [0.4, 0.5) is 0 Å². The second-order valence-corrected chi connectivity index (χ2v) is 6.56. The molecule has 1 aliphatic rings. The Bertz CT molecular complexity index is 274. The highest BCUT2D eigenvalue weighted by Gasteiger charge is 2.30. The Morgan fingerprint density at radius 2 is 1.86 bits per heavy atom. The third-order valence-electron chi connectivity index (χ3n) is 3.34. The van der Waals surface area contributed by atoms with Crippen molar-refractivity contribution >= 4 is 10.0 Å². The Kier molecular flexibility index (Phi) is 3.95. The van der Waals surface area contributed by atoms with Crippen LogP contribution >= 0.6 is 0 Å². The zero-order valence-corrected chi connectivity index (χ0v) is 10.2. The Morgan fingerprint density at radius 1 is 1.29 bits per heavy atom. The molecule has 3 nitrogen and oxygen atoms in total. The summed E-state index contributed by atoms with van der Waals surface area (Å²) in [5, 5.41) is 0. The predicted octanol–water partition coefficient (Wildman–Crippen LogP) is 1.85. The van der Waals surface area contributed by atoms with Gasteiger partial charge in [-0.25, -0.2) is 12.7 Å². The SMILES string of the molecule is CCS(=O)(=O)N(C)C1CCCCC1C. The largest absolute Gasteiger partial charge is 0.213 e. The normalized spacial score (nSPS) is 29.4. The summed E-state index contributed by atoms with van der Waals surface area (Å²) < 4.78 is 24.9. The van der Waals surface area contributed by atoms with Crippen molar-refractivity contribution in [3.8, 4) is 0 Å². The minimum Gasteiger partial charge on any atom is -0.212 e. The molecule has 2 unspecified atom stereocenters. The zero-order valence-electron chi connectivity index (χ0n) is 9.36. The van der Waals surface area contributed by atoms with Crippen LogP contribution in [-0.4, -0.2) is 31.6 Å². The molecule has 0 spiro atoms. The topological polar surface area (TPSA) is 37.4 Å². The molecule has 0 aliphatic heterocycles. The van der Waals surface area contributed by atoms with Crippen LogP contribution in [0.25, 0.3) is 0 Å². The van der Waals surface area contributed by atoms with Crippen LogP contribution in [0.5, 0.6) is 0 Å². The van der Waals surface area contributed by atoms with Gasteiger partial charge in [0.05, 0.1) is 5.75 Å². The molecule has 0 aromatic rings. The fraction of sp³-hybridized carbons (Fsp3) is 1.00. The van der Waals surface area contributed by atoms with E-state index >= 15 is 0 Å². The van der Waals surface area contributed by atoms with Crippen LogP contribution in [0.2, 0.25) is 0 Å². The van der Waals surface area contributed by atoms with Crippen molar-refractivity contribution in [2.24, 2.45) is 5.92 Å². The van der Waals surface area contributed by atoms with E-state index in [1.807, 2.05) is 0 Å². The van der Waals surface area contributed by atoms with Crippen molar-refractivity contribution < 1.29 is 8.42 Å². The number of hydrogen-bond acceptors (Lipinski definition) is 2. The van der Waals surface area contributed by atoms with E-state index in [9.17, 15) is 8.42 Å². The lowest BCUT2D eigenvalue weighted by Crippen LogP contribution is -2.43. The van der Waals surface area contributed by atoms with Crippen molar-refractivity contribution in [1.82, 2.24) is 4.31 Å². The molecule has 2 atom stereocenters. The van der Waals surface area contributed by atoms with Gasteiger partial charge in [-0.1, -0.05) is 19.8 Å². The van der Waals surface area contributed by atoms with Crippen molar-refractivity contribution in [2.75, 3.05) is 12.8 Å². The second-order valence-electron chi connectivity index (χ2n) is 4.25. The minimum atomic E-state index is -3.00. The standard InChI is InChI=1S/C10H21NO2S/c1-4-14(12,13)11(3)10-8-6-5-7-9(10)2/h9-10H,4-8H2,1-3H3. The number of sulfonamides is 1. The summed E-state index contributed by atoms with van der Waals surface area (Å²) in [4.78, 5) is 0. The van der Waals surface area contributed by atoms with E-state index in [1.54, 1.807) is 18.3 Å². The second kappa shape index (κ2) is 4.62. The summed E-state index contributed by atoms with van der Waals surface area (Å²) in [6.45, 7) is 3.87. The summed E-state index contributed by atoms with van der Waals surface area (Å²) in [6.07, 6.45) is 4.60. The van der Waals surface area contributed by atoms with Gasteiger partial charge in [-0.15, -0.1) is 0 Å². The third kappa shape index (κ3) is 2.48. The maximum Gasteiger partial charge on any atom is 0.213 e. The summed E-state index contributed by atoms with van der Waals surface area (Å²) in [5.74, 6) is 0.724. The molecule has 0 aromatic heterocycles. The molecule has 0 N–H and O–H groups in total. The Morgan fingerprint density at radius 3 is 2.36 bits per heavy atom. The molecule has 1 fully saturated rings. The molecule has 1 aliphatic carbocycles. The zero-order chi connectivity index (χ0) is 10.8. The van der Waals surface area contributed by atoms with Gasteiger partial charge in [0, 0.05) is 13.1 Å². The molecule has 4 heteroatoms. The van der Waals surface area contributed by atoms with Gasteiger partial charge in [0.2, 0.25) is 10.0 Å². The molecular formula is C10H21NO2S. The Balaban J connectivity index is 2.72. The van der Waals surface area contributed by atoms with Crippen LogP contribution < -0.4 is 0 Å². The maximum atomic E-state index is 11.7. The first-order valence-corrected chi connectivity index (χ1v) is 7.05. The minimum absolute atomic E-state index is 0.215. The lowest BCUT2D eigenvalue weighted by atomic mass is 9.86. The first-order chi connectivity index (χ1) is 6.49. The Hall–Kier alpha value is -0.0900. The molecule has 1 saturated carbocycles. The molecule has 84 valence electrons. The molecule has 0 bridgehead atoms. The molecule has 1 rings (SSSR count). The number of rotatable bonds is 3. The average Bonchev–Trinajstić information content (AvgIpc) is 2.17. The molecule has 0 amide bonds. The van der Waals surface area contributed by atoms with E-state index in [1.165, 1.54) is 12.8 Å². The summed E-state index contributed by atoms with van der Waals surface area (Å²) >= 11 is 0. The van der Waals surface area contributed by atoms with Gasteiger partial charge in [-0.3, -0.25) is 0 Å². The number of nitrogens with zero attached hydrogens (tertiary/aromatic N) is 1. The van der Waals surface area contributed by atoms with Gasteiger partial charge in [0.1, 0.15) is 0 Å². The Labute approximate surface area is 87.5 Å². The predicted molar refractivity (Wildman–Crippen MR) is 58.6 cm³/mol. The first-order valence-electron chi connectivity index (χ1n) is 5.44. The van der Waals surface area contributed by atoms with Crippen LogP contribution in [0.1, 0.15) is 39.5 Å². The van der Waals surface area contributed by atoms with Gasteiger partial charge in [-0.2, -0.15) is 0 Å². The molecular weight excluding hydrogens is 198 g/mol. The number of hydrogen-bond donors (Lipinski definition) is 0. The lowest BCUT2D eigenvalue weighted by molar-refractivity contribution is 0.213. The third-order valence-corrected chi connectivity index (χ3v) is 5.21. The van der Waals surface area contributed by atoms with Gasteiger partial charge in [0.15, 0.2) is 0 Å². The fourth-order valence-electron chi connectivity index (χ4n) is 2.25. The summed E-state index contributed by atoms with van der Waals surface area (Å²) in [7, 11) is -1.27. The van der Waals surface area contributed by atoms with Crippen molar-refractivity contribution in [2.45, 2.75) is 45.6 Å². The average molecular weight is 219 g/mol. The summed E-state index contributed by atoms with van der Waals surface area (Å²) in [6, 6.07) is 0.230. The maximum absolute atomic E-state index is 11.7. The highest BCUT2D eigenvalue weighted by Crippen LogP contribution is 2.28. The van der Waals surface area contributed by atoms with Crippen molar-refractivity contribution in [1.29, 1.82) is 0 Å². The fourth-order valence-corrected chi connectivity index (χ4v) is 3.38. The molecule has 14 heavy (non-hydrogen) atoms. The molecule has 0 heterocycles. The smallest absolute Gasteiger partial charge is 0.212 e. The quantitative estimate of drug-likeness (QED) is 0.726. The van der Waals surface area contributed by atoms with E-state index in [0.29, 0.717) is 5.92 Å². The molecule has 0 saturated heterocycles.